The molecule has 1 aromatic carbocycles. The zero-order chi connectivity index (χ0) is 13.5. The number of halogens is 1. The van der Waals surface area contributed by atoms with E-state index in [1.54, 1.807) is 22.5 Å². The third-order valence-electron chi connectivity index (χ3n) is 4.38. The van der Waals surface area contributed by atoms with Crippen molar-refractivity contribution < 1.29 is 8.42 Å². The molecule has 0 amide bonds. The second-order valence-corrected chi connectivity index (χ2v) is 8.16. The van der Waals surface area contributed by atoms with Gasteiger partial charge in [-0.1, -0.05) is 25.0 Å². The molecule has 0 aromatic heterocycles. The topological polar surface area (TPSA) is 37.4 Å². The van der Waals surface area contributed by atoms with E-state index in [-0.39, 0.29) is 6.04 Å². The molecule has 0 N–H and O–H groups in total. The summed E-state index contributed by atoms with van der Waals surface area (Å²) in [7, 11) is -3.35. The normalized spacial score (nSPS) is 28.3. The third-order valence-corrected chi connectivity index (χ3v) is 7.32. The van der Waals surface area contributed by atoms with Crippen LogP contribution in [0.3, 0.4) is 0 Å². The van der Waals surface area contributed by atoms with Gasteiger partial charge in [0.15, 0.2) is 0 Å². The van der Waals surface area contributed by atoms with E-state index in [9.17, 15) is 8.42 Å². The Hall–Kier alpha value is -0.390. The summed E-state index contributed by atoms with van der Waals surface area (Å²) < 4.78 is 28.0. The first-order chi connectivity index (χ1) is 9.10. The van der Waals surface area contributed by atoms with Gasteiger partial charge in [0.2, 0.25) is 10.0 Å². The molecule has 0 spiro atoms. The van der Waals surface area contributed by atoms with E-state index in [2.05, 4.69) is 15.9 Å². The van der Waals surface area contributed by atoms with Crippen LogP contribution in [-0.2, 0) is 10.0 Å². The van der Waals surface area contributed by atoms with Crippen LogP contribution in [0.5, 0.6) is 0 Å². The van der Waals surface area contributed by atoms with Crippen molar-refractivity contribution in [3.8, 4) is 0 Å². The first-order valence-corrected chi connectivity index (χ1v) is 9.10. The van der Waals surface area contributed by atoms with Crippen LogP contribution < -0.4 is 0 Å². The molecule has 19 heavy (non-hydrogen) atoms. The SMILES string of the molecule is O=S(=O)(c1ccccc1Br)N1CCC2CCCCC21. The molecule has 3 rings (SSSR count). The molecule has 3 nitrogen and oxygen atoms in total. The number of hydrogen-bond donors (Lipinski definition) is 0. The fourth-order valence-electron chi connectivity index (χ4n) is 3.44. The maximum Gasteiger partial charge on any atom is 0.244 e. The van der Waals surface area contributed by atoms with Crippen LogP contribution in [-0.4, -0.2) is 25.3 Å². The molecule has 0 radical (unpaired) electrons. The molecule has 5 heteroatoms. The Morgan fingerprint density at radius 2 is 1.84 bits per heavy atom. The van der Waals surface area contributed by atoms with Crippen LogP contribution in [0.25, 0.3) is 0 Å². The van der Waals surface area contributed by atoms with Crippen LogP contribution in [0.2, 0.25) is 0 Å². The van der Waals surface area contributed by atoms with Gasteiger partial charge in [-0.25, -0.2) is 8.42 Å². The lowest BCUT2D eigenvalue weighted by Gasteiger charge is -2.31. The molecule has 2 unspecified atom stereocenters. The molecule has 1 aliphatic carbocycles. The highest BCUT2D eigenvalue weighted by atomic mass is 79.9. The highest BCUT2D eigenvalue weighted by Gasteiger charge is 2.42. The Balaban J connectivity index is 1.95. The van der Waals surface area contributed by atoms with Crippen molar-refractivity contribution in [3.63, 3.8) is 0 Å². The van der Waals surface area contributed by atoms with E-state index < -0.39 is 10.0 Å². The highest BCUT2D eigenvalue weighted by Crippen LogP contribution is 2.39. The van der Waals surface area contributed by atoms with Gasteiger partial charge >= 0.3 is 0 Å². The summed E-state index contributed by atoms with van der Waals surface area (Å²) >= 11 is 3.36. The number of fused-ring (bicyclic) bond motifs is 1. The molecular formula is C14H18BrNO2S. The molecule has 2 aliphatic rings. The number of hydrogen-bond acceptors (Lipinski definition) is 2. The lowest BCUT2D eigenvalue weighted by Crippen LogP contribution is -2.39. The standard InChI is InChI=1S/C14H18BrNO2S/c15-12-6-2-4-8-14(12)19(17,18)16-10-9-11-5-1-3-7-13(11)16/h2,4,6,8,11,13H,1,3,5,7,9-10H2. The summed E-state index contributed by atoms with van der Waals surface area (Å²) in [5.41, 5.74) is 0. The minimum absolute atomic E-state index is 0.228. The Kier molecular flexibility index (Phi) is 3.71. The van der Waals surface area contributed by atoms with Gasteiger partial charge in [0.1, 0.15) is 0 Å². The zero-order valence-corrected chi connectivity index (χ0v) is 13.2. The average molecular weight is 344 g/mol. The van der Waals surface area contributed by atoms with Gasteiger partial charge in [0, 0.05) is 17.1 Å². The van der Waals surface area contributed by atoms with E-state index in [4.69, 9.17) is 0 Å². The van der Waals surface area contributed by atoms with E-state index in [0.717, 1.165) is 19.3 Å². The predicted molar refractivity (Wildman–Crippen MR) is 78.4 cm³/mol. The first kappa shape index (κ1) is 13.6. The number of benzene rings is 1. The zero-order valence-electron chi connectivity index (χ0n) is 10.8. The van der Waals surface area contributed by atoms with Crippen LogP contribution in [0, 0.1) is 5.92 Å². The summed E-state index contributed by atoms with van der Waals surface area (Å²) in [4.78, 5) is 0.404. The van der Waals surface area contributed by atoms with Gasteiger partial charge in [-0.2, -0.15) is 4.31 Å². The minimum Gasteiger partial charge on any atom is -0.207 e. The maximum atomic E-state index is 12.8. The first-order valence-electron chi connectivity index (χ1n) is 6.87. The van der Waals surface area contributed by atoms with Gasteiger partial charge in [0.25, 0.3) is 0 Å². The van der Waals surface area contributed by atoms with E-state index >= 15 is 0 Å². The van der Waals surface area contributed by atoms with Crippen LogP contribution in [0.1, 0.15) is 32.1 Å². The van der Waals surface area contributed by atoms with Gasteiger partial charge < -0.3 is 0 Å². The molecule has 2 atom stereocenters. The lowest BCUT2D eigenvalue weighted by molar-refractivity contribution is 0.260. The Morgan fingerprint density at radius 1 is 1.11 bits per heavy atom. The predicted octanol–water partition coefficient (Wildman–Crippen LogP) is 3.40. The Labute approximate surface area is 123 Å². The summed E-state index contributed by atoms with van der Waals surface area (Å²) in [6, 6.07) is 7.34. The molecule has 1 saturated carbocycles. The minimum atomic E-state index is -3.35. The van der Waals surface area contributed by atoms with Crippen LogP contribution in [0.15, 0.2) is 33.6 Å². The lowest BCUT2D eigenvalue weighted by atomic mass is 9.86. The van der Waals surface area contributed by atoms with Crippen LogP contribution >= 0.6 is 15.9 Å². The smallest absolute Gasteiger partial charge is 0.207 e. The van der Waals surface area contributed by atoms with Crippen molar-refractivity contribution >= 4 is 26.0 Å². The Bertz CT molecular complexity index is 573. The molecule has 1 heterocycles. The number of nitrogens with zero attached hydrogens (tertiary/aromatic N) is 1. The van der Waals surface area contributed by atoms with Crippen LogP contribution in [0.4, 0.5) is 0 Å². The fourth-order valence-corrected chi connectivity index (χ4v) is 6.14. The van der Waals surface area contributed by atoms with Gasteiger partial charge in [0.05, 0.1) is 4.90 Å². The molecule has 1 saturated heterocycles. The molecule has 0 bridgehead atoms. The second kappa shape index (κ2) is 5.19. The van der Waals surface area contributed by atoms with Gasteiger partial charge in [-0.05, 0) is 53.2 Å². The summed E-state index contributed by atoms with van der Waals surface area (Å²) in [5, 5.41) is 0. The third kappa shape index (κ3) is 2.36. The summed E-state index contributed by atoms with van der Waals surface area (Å²) in [6.45, 7) is 0.680. The summed E-state index contributed by atoms with van der Waals surface area (Å²) in [6.07, 6.45) is 5.64. The average Bonchev–Trinajstić information content (AvgIpc) is 2.83. The number of rotatable bonds is 2. The van der Waals surface area contributed by atoms with E-state index in [0.29, 0.717) is 21.8 Å². The molecule has 1 aromatic rings. The van der Waals surface area contributed by atoms with Crippen molar-refractivity contribution in [1.82, 2.24) is 4.31 Å². The molecule has 1 aliphatic heterocycles. The largest absolute Gasteiger partial charge is 0.244 e. The van der Waals surface area contributed by atoms with Gasteiger partial charge in [-0.3, -0.25) is 0 Å². The van der Waals surface area contributed by atoms with Crippen molar-refractivity contribution in [2.45, 2.75) is 43.0 Å². The van der Waals surface area contributed by atoms with Crippen molar-refractivity contribution in [3.05, 3.63) is 28.7 Å². The van der Waals surface area contributed by atoms with E-state index in [1.165, 1.54) is 12.8 Å². The Morgan fingerprint density at radius 3 is 2.63 bits per heavy atom. The maximum absolute atomic E-state index is 12.8. The highest BCUT2D eigenvalue weighted by molar-refractivity contribution is 9.10. The molecule has 104 valence electrons. The fraction of sp³-hybridized carbons (Fsp3) is 0.571. The number of sulfonamides is 1. The van der Waals surface area contributed by atoms with Gasteiger partial charge in [-0.15, -0.1) is 0 Å². The monoisotopic (exact) mass is 343 g/mol. The second-order valence-electron chi connectivity index (χ2n) is 5.45. The quantitative estimate of drug-likeness (QED) is 0.825. The van der Waals surface area contributed by atoms with Crippen molar-refractivity contribution in [2.75, 3.05) is 6.54 Å². The van der Waals surface area contributed by atoms with Crippen molar-refractivity contribution in [1.29, 1.82) is 0 Å². The van der Waals surface area contributed by atoms with E-state index in [1.807, 2.05) is 6.07 Å². The molecule has 2 fully saturated rings. The molecular weight excluding hydrogens is 326 g/mol. The summed E-state index contributed by atoms with van der Waals surface area (Å²) in [5.74, 6) is 0.575. The van der Waals surface area contributed by atoms with Crippen molar-refractivity contribution in [2.24, 2.45) is 5.92 Å².